The Hall–Kier alpha value is -2.14. The number of carbonyl (C=O) groups excluding carboxylic acids is 1. The van der Waals surface area contributed by atoms with Crippen molar-refractivity contribution < 1.29 is 19.4 Å². The van der Waals surface area contributed by atoms with Crippen molar-refractivity contribution in [1.82, 2.24) is 0 Å². The summed E-state index contributed by atoms with van der Waals surface area (Å²) in [6, 6.07) is 12.6. The summed E-state index contributed by atoms with van der Waals surface area (Å²) in [6.45, 7) is 0.249. The van der Waals surface area contributed by atoms with Crippen LogP contribution in [0, 0.1) is 0 Å². The van der Waals surface area contributed by atoms with Crippen molar-refractivity contribution in [2.24, 2.45) is 0 Å². The van der Waals surface area contributed by atoms with Gasteiger partial charge < -0.3 is 19.4 Å². The van der Waals surface area contributed by atoms with Gasteiger partial charge >= 0.3 is 0 Å². The van der Waals surface area contributed by atoms with Crippen molar-refractivity contribution in [3.63, 3.8) is 0 Å². The number of aromatic carboxylic acids is 1. The second-order valence-corrected chi connectivity index (χ2v) is 5.28. The zero-order valence-corrected chi connectivity index (χ0v) is 11.3. The van der Waals surface area contributed by atoms with Gasteiger partial charge in [0.2, 0.25) is 6.79 Å². The maximum Gasteiger partial charge on any atom is 0.231 e. The molecule has 20 heavy (non-hydrogen) atoms. The van der Waals surface area contributed by atoms with Gasteiger partial charge in [-0.1, -0.05) is 24.3 Å². The largest absolute Gasteiger partial charge is 0.545 e. The number of ether oxygens (including phenoxy) is 2. The van der Waals surface area contributed by atoms with Gasteiger partial charge in [0.1, 0.15) is 0 Å². The van der Waals surface area contributed by atoms with Crippen LogP contribution in [-0.2, 0) is 5.75 Å². The fourth-order valence-corrected chi connectivity index (χ4v) is 2.94. The molecule has 0 atom stereocenters. The highest BCUT2D eigenvalue weighted by Gasteiger charge is 2.13. The summed E-state index contributed by atoms with van der Waals surface area (Å²) in [5.41, 5.74) is 1.27. The molecule has 0 spiro atoms. The fraction of sp³-hybridized carbons (Fsp3) is 0.133. The van der Waals surface area contributed by atoms with Gasteiger partial charge in [0.05, 0.1) is 5.97 Å². The summed E-state index contributed by atoms with van der Waals surface area (Å²) >= 11 is 1.46. The molecular formula is C15H11O4S-. The van der Waals surface area contributed by atoms with Crippen molar-refractivity contribution in [2.45, 2.75) is 10.6 Å². The van der Waals surface area contributed by atoms with E-state index in [1.807, 2.05) is 24.3 Å². The van der Waals surface area contributed by atoms with Gasteiger partial charge in [0, 0.05) is 16.2 Å². The first-order chi connectivity index (χ1) is 9.74. The minimum atomic E-state index is -1.15. The predicted molar refractivity (Wildman–Crippen MR) is 72.9 cm³/mol. The smallest absolute Gasteiger partial charge is 0.231 e. The molecule has 5 heteroatoms. The molecule has 0 amide bonds. The second kappa shape index (κ2) is 5.46. The normalized spacial score (nSPS) is 12.4. The van der Waals surface area contributed by atoms with Gasteiger partial charge in [-0.15, -0.1) is 11.8 Å². The van der Waals surface area contributed by atoms with Crippen molar-refractivity contribution in [1.29, 1.82) is 0 Å². The van der Waals surface area contributed by atoms with Crippen LogP contribution in [0.1, 0.15) is 15.9 Å². The van der Waals surface area contributed by atoms with Crippen LogP contribution >= 0.6 is 11.8 Å². The van der Waals surface area contributed by atoms with E-state index in [1.165, 1.54) is 11.8 Å². The summed E-state index contributed by atoms with van der Waals surface area (Å²) in [7, 11) is 0. The van der Waals surface area contributed by atoms with Crippen LogP contribution in [0.4, 0.5) is 0 Å². The van der Waals surface area contributed by atoms with Crippen molar-refractivity contribution in [3.05, 3.63) is 53.6 Å². The molecule has 0 bridgehead atoms. The minimum Gasteiger partial charge on any atom is -0.545 e. The second-order valence-electron chi connectivity index (χ2n) is 4.26. The molecule has 3 rings (SSSR count). The Morgan fingerprint density at radius 3 is 2.80 bits per heavy atom. The molecule has 4 nitrogen and oxygen atoms in total. The topological polar surface area (TPSA) is 58.6 Å². The molecule has 2 aromatic rings. The quantitative estimate of drug-likeness (QED) is 0.806. The van der Waals surface area contributed by atoms with Crippen LogP contribution in [0.3, 0.4) is 0 Å². The molecule has 0 aromatic heterocycles. The Morgan fingerprint density at radius 2 is 1.95 bits per heavy atom. The lowest BCUT2D eigenvalue weighted by atomic mass is 10.2. The Kier molecular flexibility index (Phi) is 3.52. The number of hydrogen-bond donors (Lipinski definition) is 0. The summed E-state index contributed by atoms with van der Waals surface area (Å²) in [5, 5.41) is 11.0. The molecular weight excluding hydrogens is 276 g/mol. The first-order valence-electron chi connectivity index (χ1n) is 6.06. The van der Waals surface area contributed by atoms with Gasteiger partial charge in [-0.05, 0) is 23.8 Å². The molecule has 2 aromatic carbocycles. The predicted octanol–water partition coefficient (Wildman–Crippen LogP) is 2.07. The van der Waals surface area contributed by atoms with Crippen LogP contribution in [-0.4, -0.2) is 12.8 Å². The molecule has 0 unspecified atom stereocenters. The zero-order chi connectivity index (χ0) is 13.9. The number of benzene rings is 2. The molecule has 0 saturated heterocycles. The third kappa shape index (κ3) is 2.58. The van der Waals surface area contributed by atoms with E-state index in [0.717, 1.165) is 17.1 Å². The van der Waals surface area contributed by atoms with E-state index < -0.39 is 5.97 Å². The van der Waals surface area contributed by atoms with Gasteiger partial charge in [-0.2, -0.15) is 0 Å². The summed E-state index contributed by atoms with van der Waals surface area (Å²) in [5.74, 6) is 0.977. The van der Waals surface area contributed by atoms with Crippen molar-refractivity contribution in [2.75, 3.05) is 6.79 Å². The average Bonchev–Trinajstić information content (AvgIpc) is 2.92. The van der Waals surface area contributed by atoms with Gasteiger partial charge in [-0.25, -0.2) is 0 Å². The standard InChI is InChI=1S/C15H12O4S/c16-15(17)11-3-1-2-4-14(11)20-8-10-5-6-12-13(7-10)19-9-18-12/h1-7H,8-9H2,(H,16,17)/p-1. The number of carbonyl (C=O) groups is 1. The summed E-state index contributed by atoms with van der Waals surface area (Å²) < 4.78 is 10.6. The summed E-state index contributed by atoms with van der Waals surface area (Å²) in [4.78, 5) is 11.7. The highest BCUT2D eigenvalue weighted by atomic mass is 32.2. The highest BCUT2D eigenvalue weighted by molar-refractivity contribution is 7.98. The van der Waals surface area contributed by atoms with Crippen LogP contribution in [0.2, 0.25) is 0 Å². The third-order valence-electron chi connectivity index (χ3n) is 2.94. The SMILES string of the molecule is O=C([O-])c1ccccc1SCc1ccc2c(c1)OCO2. The van der Waals surface area contributed by atoms with E-state index >= 15 is 0 Å². The van der Waals surface area contributed by atoms with E-state index in [1.54, 1.807) is 18.2 Å². The van der Waals surface area contributed by atoms with Crippen molar-refractivity contribution >= 4 is 17.7 Å². The van der Waals surface area contributed by atoms with Crippen LogP contribution in [0.25, 0.3) is 0 Å². The lowest BCUT2D eigenvalue weighted by Crippen LogP contribution is -2.22. The van der Waals surface area contributed by atoms with Crippen LogP contribution in [0.5, 0.6) is 11.5 Å². The molecule has 102 valence electrons. The third-order valence-corrected chi connectivity index (χ3v) is 4.08. The van der Waals surface area contributed by atoms with Gasteiger partial charge in [0.25, 0.3) is 0 Å². The number of fused-ring (bicyclic) bond motifs is 1. The first-order valence-corrected chi connectivity index (χ1v) is 7.04. The van der Waals surface area contributed by atoms with E-state index in [9.17, 15) is 9.90 Å². The fourth-order valence-electron chi connectivity index (χ4n) is 1.95. The zero-order valence-electron chi connectivity index (χ0n) is 10.5. The number of hydrogen-bond acceptors (Lipinski definition) is 5. The Labute approximate surface area is 120 Å². The van der Waals surface area contributed by atoms with Crippen LogP contribution in [0.15, 0.2) is 47.4 Å². The van der Waals surface area contributed by atoms with E-state index in [-0.39, 0.29) is 12.4 Å². The van der Waals surface area contributed by atoms with Gasteiger partial charge in [-0.3, -0.25) is 0 Å². The summed E-state index contributed by atoms with van der Waals surface area (Å²) in [6.07, 6.45) is 0. The molecule has 1 heterocycles. The monoisotopic (exact) mass is 287 g/mol. The Bertz CT molecular complexity index is 654. The number of thioether (sulfide) groups is 1. The Morgan fingerprint density at radius 1 is 1.15 bits per heavy atom. The van der Waals surface area contributed by atoms with E-state index in [2.05, 4.69) is 0 Å². The lowest BCUT2D eigenvalue weighted by molar-refractivity contribution is -0.255. The number of rotatable bonds is 4. The maximum absolute atomic E-state index is 11.0. The van der Waals surface area contributed by atoms with Crippen LogP contribution < -0.4 is 14.6 Å². The first kappa shape index (κ1) is 12.9. The molecule has 1 aliphatic heterocycles. The minimum absolute atomic E-state index is 0.221. The molecule has 0 fully saturated rings. The molecule has 0 N–H and O–H groups in total. The average molecular weight is 287 g/mol. The van der Waals surface area contributed by atoms with E-state index in [4.69, 9.17) is 9.47 Å². The van der Waals surface area contributed by atoms with Crippen molar-refractivity contribution in [3.8, 4) is 11.5 Å². The molecule has 0 aliphatic carbocycles. The van der Waals surface area contributed by atoms with Gasteiger partial charge in [0.15, 0.2) is 11.5 Å². The molecule has 0 saturated carbocycles. The lowest BCUT2D eigenvalue weighted by Gasteiger charge is -2.09. The number of carboxylic acids is 1. The molecule has 0 radical (unpaired) electrons. The van der Waals surface area contributed by atoms with E-state index in [0.29, 0.717) is 10.6 Å². The number of carboxylic acid groups (broad SMARTS) is 1. The Balaban J connectivity index is 1.75. The maximum atomic E-state index is 11.0. The molecule has 1 aliphatic rings. The highest BCUT2D eigenvalue weighted by Crippen LogP contribution is 2.34.